The van der Waals surface area contributed by atoms with Gasteiger partial charge in [-0.25, -0.2) is 13.2 Å². The van der Waals surface area contributed by atoms with Gasteiger partial charge in [0.25, 0.3) is 0 Å². The monoisotopic (exact) mass is 296 g/mol. The van der Waals surface area contributed by atoms with Gasteiger partial charge in [0.15, 0.2) is 11.6 Å². The normalized spacial score (nSPS) is 10.4. The molecular formula is C14H11F3N2S. The van der Waals surface area contributed by atoms with Gasteiger partial charge in [0.1, 0.15) is 10.8 Å². The Labute approximate surface area is 119 Å². The fraction of sp³-hybridized carbons (Fsp3) is 0.0714. The molecule has 2 nitrogen and oxygen atoms in total. The molecule has 0 heterocycles. The van der Waals surface area contributed by atoms with Crippen LogP contribution in [0.3, 0.4) is 0 Å². The van der Waals surface area contributed by atoms with Crippen LogP contribution in [0, 0.1) is 24.4 Å². The van der Waals surface area contributed by atoms with Crippen LogP contribution in [0.4, 0.5) is 24.5 Å². The van der Waals surface area contributed by atoms with E-state index in [2.05, 4.69) is 5.32 Å². The largest absolute Gasteiger partial charge is 0.389 e. The highest BCUT2D eigenvalue weighted by Crippen LogP contribution is 2.26. The summed E-state index contributed by atoms with van der Waals surface area (Å²) in [5.74, 6) is -3.31. The van der Waals surface area contributed by atoms with E-state index in [0.29, 0.717) is 17.3 Å². The Morgan fingerprint density at radius 3 is 2.45 bits per heavy atom. The molecule has 0 aromatic heterocycles. The van der Waals surface area contributed by atoms with E-state index in [4.69, 9.17) is 18.0 Å². The van der Waals surface area contributed by atoms with Gasteiger partial charge in [0.2, 0.25) is 0 Å². The zero-order valence-electron chi connectivity index (χ0n) is 10.5. The minimum atomic E-state index is -1.27. The molecule has 0 unspecified atom stereocenters. The van der Waals surface area contributed by atoms with Gasteiger partial charge in [-0.2, -0.15) is 0 Å². The molecule has 2 rings (SSSR count). The summed E-state index contributed by atoms with van der Waals surface area (Å²) >= 11 is 4.91. The fourth-order valence-corrected chi connectivity index (χ4v) is 1.93. The van der Waals surface area contributed by atoms with Crippen molar-refractivity contribution in [3.05, 3.63) is 58.9 Å². The van der Waals surface area contributed by atoms with Crippen molar-refractivity contribution < 1.29 is 13.2 Å². The number of thiocarbonyl (C=S) groups is 1. The first-order chi connectivity index (χ1) is 9.38. The molecule has 6 heteroatoms. The Morgan fingerprint density at radius 1 is 1.10 bits per heavy atom. The van der Waals surface area contributed by atoms with Gasteiger partial charge in [-0.05, 0) is 19.1 Å². The van der Waals surface area contributed by atoms with Crippen molar-refractivity contribution in [3.8, 4) is 0 Å². The first kappa shape index (κ1) is 14.3. The third-order valence-corrected chi connectivity index (χ3v) is 2.92. The molecule has 0 saturated heterocycles. The van der Waals surface area contributed by atoms with Gasteiger partial charge in [0, 0.05) is 23.4 Å². The first-order valence-corrected chi connectivity index (χ1v) is 6.11. The van der Waals surface area contributed by atoms with Gasteiger partial charge in [-0.1, -0.05) is 23.8 Å². The van der Waals surface area contributed by atoms with E-state index >= 15 is 0 Å². The molecule has 0 bridgehead atoms. The van der Waals surface area contributed by atoms with Crippen LogP contribution in [0.5, 0.6) is 0 Å². The smallest absolute Gasteiger partial charge is 0.182 e. The zero-order valence-corrected chi connectivity index (χ0v) is 11.3. The second kappa shape index (κ2) is 5.50. The summed E-state index contributed by atoms with van der Waals surface area (Å²) in [4.78, 5) is 0.105. The van der Waals surface area contributed by atoms with Crippen LogP contribution in [-0.4, -0.2) is 4.99 Å². The quantitative estimate of drug-likeness (QED) is 0.668. The van der Waals surface area contributed by atoms with Crippen LogP contribution in [0.15, 0.2) is 30.3 Å². The van der Waals surface area contributed by atoms with E-state index in [9.17, 15) is 13.2 Å². The van der Waals surface area contributed by atoms with Crippen LogP contribution in [-0.2, 0) is 0 Å². The van der Waals surface area contributed by atoms with E-state index in [0.717, 1.165) is 11.6 Å². The Morgan fingerprint density at radius 2 is 1.80 bits per heavy atom. The molecule has 0 atom stereocenters. The Kier molecular flexibility index (Phi) is 3.94. The third-order valence-electron chi connectivity index (χ3n) is 2.70. The number of rotatable bonds is 3. The van der Waals surface area contributed by atoms with E-state index in [1.807, 2.05) is 6.92 Å². The van der Waals surface area contributed by atoms with Gasteiger partial charge in [-0.15, -0.1) is 0 Å². The molecule has 2 aromatic rings. The van der Waals surface area contributed by atoms with E-state index in [1.54, 1.807) is 18.2 Å². The van der Waals surface area contributed by atoms with Crippen LogP contribution in [0.1, 0.15) is 11.1 Å². The highest BCUT2D eigenvalue weighted by atomic mass is 32.1. The number of nitrogens with one attached hydrogen (secondary N) is 1. The van der Waals surface area contributed by atoms with Gasteiger partial charge < -0.3 is 11.1 Å². The molecule has 0 aliphatic carbocycles. The summed E-state index contributed by atoms with van der Waals surface area (Å²) < 4.78 is 39.9. The highest BCUT2D eigenvalue weighted by Gasteiger charge is 2.13. The van der Waals surface area contributed by atoms with Crippen molar-refractivity contribution in [3.63, 3.8) is 0 Å². The van der Waals surface area contributed by atoms with E-state index in [-0.39, 0.29) is 10.7 Å². The summed E-state index contributed by atoms with van der Waals surface area (Å²) in [7, 11) is 0. The van der Waals surface area contributed by atoms with Gasteiger partial charge >= 0.3 is 0 Å². The second-order valence-electron chi connectivity index (χ2n) is 4.29. The Hall–Kier alpha value is -2.08. The molecule has 0 spiro atoms. The average Bonchev–Trinajstić information content (AvgIpc) is 2.37. The predicted molar refractivity (Wildman–Crippen MR) is 76.7 cm³/mol. The lowest BCUT2D eigenvalue weighted by atomic mass is 10.1. The maximum atomic E-state index is 13.6. The third kappa shape index (κ3) is 2.91. The number of hydrogen-bond acceptors (Lipinski definition) is 2. The molecule has 2 aromatic carbocycles. The summed E-state index contributed by atoms with van der Waals surface area (Å²) in [5.41, 5.74) is 7.03. The number of anilines is 2. The van der Waals surface area contributed by atoms with Crippen molar-refractivity contribution in [1.29, 1.82) is 0 Å². The predicted octanol–water partition coefficient (Wildman–Crippen LogP) is 3.79. The Balaban J connectivity index is 2.48. The molecule has 20 heavy (non-hydrogen) atoms. The van der Waals surface area contributed by atoms with Gasteiger partial charge in [-0.3, -0.25) is 0 Å². The molecule has 3 N–H and O–H groups in total. The van der Waals surface area contributed by atoms with Crippen molar-refractivity contribution in [2.24, 2.45) is 5.73 Å². The maximum Gasteiger partial charge on any atom is 0.182 e. The number of halogens is 3. The van der Waals surface area contributed by atoms with Crippen molar-refractivity contribution in [1.82, 2.24) is 0 Å². The topological polar surface area (TPSA) is 38.0 Å². The number of nitrogens with two attached hydrogens (primary N) is 1. The summed E-state index contributed by atoms with van der Waals surface area (Å²) in [6, 6.07) is 6.41. The fourth-order valence-electron chi connectivity index (χ4n) is 1.76. The molecule has 0 fully saturated rings. The lowest BCUT2D eigenvalue weighted by Gasteiger charge is -2.13. The van der Waals surface area contributed by atoms with Crippen molar-refractivity contribution in [2.75, 3.05) is 5.32 Å². The summed E-state index contributed by atoms with van der Waals surface area (Å²) in [5, 5.41) is 2.61. The van der Waals surface area contributed by atoms with E-state index in [1.165, 1.54) is 0 Å². The molecule has 0 amide bonds. The summed E-state index contributed by atoms with van der Waals surface area (Å²) in [6.45, 7) is 1.84. The molecule has 104 valence electrons. The number of hydrogen-bond donors (Lipinski definition) is 2. The highest BCUT2D eigenvalue weighted by molar-refractivity contribution is 7.80. The minimum absolute atomic E-state index is 0.105. The first-order valence-electron chi connectivity index (χ1n) is 5.70. The second-order valence-corrected chi connectivity index (χ2v) is 4.73. The van der Waals surface area contributed by atoms with Crippen LogP contribution >= 0.6 is 12.2 Å². The molecule has 0 aliphatic rings. The van der Waals surface area contributed by atoms with Crippen LogP contribution < -0.4 is 11.1 Å². The van der Waals surface area contributed by atoms with Crippen molar-refractivity contribution in [2.45, 2.75) is 6.92 Å². The molecule has 0 aliphatic heterocycles. The number of aryl methyl sites for hydroxylation is 1. The standard InChI is InChI=1S/C14H11F3N2S/c1-7-2-3-11(9(4-7)14(18)20)19-12-6-8(15)5-10(16)13(12)17/h2-6,19H,1H3,(H2,18,20). The van der Waals surface area contributed by atoms with Crippen LogP contribution in [0.25, 0.3) is 0 Å². The lowest BCUT2D eigenvalue weighted by molar-refractivity contribution is 0.498. The molecule has 0 saturated carbocycles. The summed E-state index contributed by atoms with van der Waals surface area (Å²) in [6.07, 6.45) is 0. The molecular weight excluding hydrogens is 285 g/mol. The Bertz CT molecular complexity index is 686. The number of benzene rings is 2. The van der Waals surface area contributed by atoms with Gasteiger partial charge in [0.05, 0.1) is 5.69 Å². The minimum Gasteiger partial charge on any atom is -0.389 e. The SMILES string of the molecule is Cc1ccc(Nc2cc(F)cc(F)c2F)c(C(N)=S)c1. The lowest BCUT2D eigenvalue weighted by Crippen LogP contribution is -2.12. The zero-order chi connectivity index (χ0) is 14.9. The van der Waals surface area contributed by atoms with Crippen molar-refractivity contribution >= 4 is 28.6 Å². The average molecular weight is 296 g/mol. The van der Waals surface area contributed by atoms with E-state index < -0.39 is 17.5 Å². The maximum absolute atomic E-state index is 13.6. The van der Waals surface area contributed by atoms with Crippen LogP contribution in [0.2, 0.25) is 0 Å². The molecule has 0 radical (unpaired) electrons.